The van der Waals surface area contributed by atoms with Crippen molar-refractivity contribution < 1.29 is 14.3 Å². The molecule has 0 radical (unpaired) electrons. The van der Waals surface area contributed by atoms with Gasteiger partial charge in [-0.3, -0.25) is 4.79 Å². The van der Waals surface area contributed by atoms with Crippen LogP contribution >= 0.6 is 0 Å². The third-order valence-electron chi connectivity index (χ3n) is 4.07. The summed E-state index contributed by atoms with van der Waals surface area (Å²) in [5, 5.41) is 3.09. The number of benzene rings is 1. The maximum absolute atomic E-state index is 12.3. The number of ether oxygens (including phenoxy) is 2. The molecule has 1 fully saturated rings. The van der Waals surface area contributed by atoms with E-state index in [1.54, 1.807) is 19.2 Å². The van der Waals surface area contributed by atoms with E-state index in [4.69, 9.17) is 9.47 Å². The number of hydrogen-bond donors (Lipinski definition) is 1. The molecule has 1 saturated carbocycles. The predicted octanol–water partition coefficient (Wildman–Crippen LogP) is 3.79. The van der Waals surface area contributed by atoms with E-state index in [0.717, 1.165) is 19.3 Å². The van der Waals surface area contributed by atoms with Crippen LogP contribution in [0.3, 0.4) is 0 Å². The zero-order valence-corrected chi connectivity index (χ0v) is 13.9. The Morgan fingerprint density at radius 2 is 2.00 bits per heavy atom. The summed E-state index contributed by atoms with van der Waals surface area (Å²) in [6.07, 6.45) is 5.57. The average Bonchev–Trinajstić information content (AvgIpc) is 3.00. The summed E-state index contributed by atoms with van der Waals surface area (Å²) in [6.45, 7) is 4.98. The first-order valence-corrected chi connectivity index (χ1v) is 8.22. The van der Waals surface area contributed by atoms with Gasteiger partial charge in [-0.2, -0.15) is 0 Å². The molecule has 1 amide bonds. The molecule has 122 valence electrons. The number of rotatable bonds is 7. The summed E-state index contributed by atoms with van der Waals surface area (Å²) < 4.78 is 11.1. The fourth-order valence-electron chi connectivity index (χ4n) is 2.67. The molecule has 22 heavy (non-hydrogen) atoms. The van der Waals surface area contributed by atoms with Gasteiger partial charge >= 0.3 is 0 Å². The largest absolute Gasteiger partial charge is 0.493 e. The third kappa shape index (κ3) is 4.65. The minimum Gasteiger partial charge on any atom is -0.493 e. The Balaban J connectivity index is 1.99. The van der Waals surface area contributed by atoms with E-state index in [2.05, 4.69) is 19.2 Å². The lowest BCUT2D eigenvalue weighted by atomic mass is 10.1. The highest BCUT2D eigenvalue weighted by atomic mass is 16.5. The lowest BCUT2D eigenvalue weighted by Gasteiger charge is -2.15. The molecule has 0 bridgehead atoms. The van der Waals surface area contributed by atoms with Crippen LogP contribution in [0, 0.1) is 5.92 Å². The van der Waals surface area contributed by atoms with E-state index in [-0.39, 0.29) is 5.91 Å². The average molecular weight is 305 g/mol. The maximum atomic E-state index is 12.3. The molecular formula is C18H27NO3. The molecule has 4 heteroatoms. The second-order valence-corrected chi connectivity index (χ2v) is 6.35. The van der Waals surface area contributed by atoms with Gasteiger partial charge in [0.2, 0.25) is 0 Å². The SMILES string of the molecule is COc1cc(C(=O)NC2CCCC2)ccc1OCCC(C)C. The Hall–Kier alpha value is -1.71. The van der Waals surface area contributed by atoms with Gasteiger partial charge in [-0.25, -0.2) is 0 Å². The minimum atomic E-state index is -0.0288. The smallest absolute Gasteiger partial charge is 0.251 e. The molecule has 1 aromatic rings. The van der Waals surface area contributed by atoms with Gasteiger partial charge in [0.1, 0.15) is 0 Å². The molecule has 1 aliphatic rings. The van der Waals surface area contributed by atoms with Gasteiger partial charge in [0.25, 0.3) is 5.91 Å². The first kappa shape index (κ1) is 16.7. The van der Waals surface area contributed by atoms with Crippen molar-refractivity contribution in [2.24, 2.45) is 5.92 Å². The van der Waals surface area contributed by atoms with Crippen molar-refractivity contribution >= 4 is 5.91 Å². The van der Waals surface area contributed by atoms with Crippen LogP contribution < -0.4 is 14.8 Å². The molecule has 0 atom stereocenters. The maximum Gasteiger partial charge on any atom is 0.251 e. The second-order valence-electron chi connectivity index (χ2n) is 6.35. The van der Waals surface area contributed by atoms with Gasteiger partial charge in [-0.1, -0.05) is 26.7 Å². The van der Waals surface area contributed by atoms with Gasteiger partial charge in [-0.05, 0) is 43.4 Å². The Bertz CT molecular complexity index is 493. The lowest BCUT2D eigenvalue weighted by Crippen LogP contribution is -2.32. The van der Waals surface area contributed by atoms with Crippen LogP contribution in [0.25, 0.3) is 0 Å². The highest BCUT2D eigenvalue weighted by Gasteiger charge is 2.19. The van der Waals surface area contributed by atoms with Crippen LogP contribution in [0.4, 0.5) is 0 Å². The number of hydrogen-bond acceptors (Lipinski definition) is 3. The second kappa shape index (κ2) is 8.06. The van der Waals surface area contributed by atoms with Crippen molar-refractivity contribution in [1.82, 2.24) is 5.32 Å². The van der Waals surface area contributed by atoms with Crippen molar-refractivity contribution in [3.63, 3.8) is 0 Å². The highest BCUT2D eigenvalue weighted by Crippen LogP contribution is 2.28. The van der Waals surface area contributed by atoms with Gasteiger partial charge in [-0.15, -0.1) is 0 Å². The van der Waals surface area contributed by atoms with Crippen LogP contribution in [-0.4, -0.2) is 25.7 Å². The van der Waals surface area contributed by atoms with Crippen LogP contribution in [0.2, 0.25) is 0 Å². The van der Waals surface area contributed by atoms with Gasteiger partial charge in [0.15, 0.2) is 11.5 Å². The Kier molecular flexibility index (Phi) is 6.10. The fourth-order valence-corrected chi connectivity index (χ4v) is 2.67. The van der Waals surface area contributed by atoms with Crippen molar-refractivity contribution in [3.05, 3.63) is 23.8 Å². The summed E-state index contributed by atoms with van der Waals surface area (Å²) in [4.78, 5) is 12.3. The molecule has 0 heterocycles. The van der Waals surface area contributed by atoms with Crippen molar-refractivity contribution in [1.29, 1.82) is 0 Å². The van der Waals surface area contributed by atoms with Gasteiger partial charge in [0.05, 0.1) is 13.7 Å². The minimum absolute atomic E-state index is 0.0288. The third-order valence-corrected chi connectivity index (χ3v) is 4.07. The molecule has 2 rings (SSSR count). The summed E-state index contributed by atoms with van der Waals surface area (Å²) in [7, 11) is 1.60. The van der Waals surface area contributed by atoms with E-state index in [0.29, 0.717) is 35.6 Å². The van der Waals surface area contributed by atoms with Crippen LogP contribution in [-0.2, 0) is 0 Å². The number of carbonyl (C=O) groups is 1. The van der Waals surface area contributed by atoms with E-state index in [9.17, 15) is 4.79 Å². The van der Waals surface area contributed by atoms with E-state index in [1.807, 2.05) is 6.07 Å². The number of methoxy groups -OCH3 is 1. The van der Waals surface area contributed by atoms with E-state index >= 15 is 0 Å². The Morgan fingerprint density at radius 3 is 2.64 bits per heavy atom. The normalized spacial score (nSPS) is 15.1. The van der Waals surface area contributed by atoms with Gasteiger partial charge < -0.3 is 14.8 Å². The zero-order valence-electron chi connectivity index (χ0n) is 13.9. The fraction of sp³-hybridized carbons (Fsp3) is 0.611. The Labute approximate surface area is 133 Å². The quantitative estimate of drug-likeness (QED) is 0.833. The summed E-state index contributed by atoms with van der Waals surface area (Å²) in [6, 6.07) is 5.70. The zero-order chi connectivity index (χ0) is 15.9. The molecule has 1 N–H and O–H groups in total. The van der Waals surface area contributed by atoms with Crippen LogP contribution in [0.5, 0.6) is 11.5 Å². The van der Waals surface area contributed by atoms with Crippen molar-refractivity contribution in [2.75, 3.05) is 13.7 Å². The molecule has 0 aromatic heterocycles. The monoisotopic (exact) mass is 305 g/mol. The van der Waals surface area contributed by atoms with Crippen LogP contribution in [0.15, 0.2) is 18.2 Å². The molecule has 1 aliphatic carbocycles. The lowest BCUT2D eigenvalue weighted by molar-refractivity contribution is 0.0937. The molecule has 4 nitrogen and oxygen atoms in total. The Morgan fingerprint density at radius 1 is 1.27 bits per heavy atom. The highest BCUT2D eigenvalue weighted by molar-refractivity contribution is 5.95. The predicted molar refractivity (Wildman–Crippen MR) is 87.7 cm³/mol. The number of amides is 1. The first-order chi connectivity index (χ1) is 10.6. The summed E-state index contributed by atoms with van der Waals surface area (Å²) in [5.74, 6) is 1.88. The van der Waals surface area contributed by atoms with Crippen molar-refractivity contribution in [2.45, 2.75) is 52.0 Å². The van der Waals surface area contributed by atoms with Crippen molar-refractivity contribution in [3.8, 4) is 11.5 Å². The molecule has 0 spiro atoms. The number of carbonyl (C=O) groups excluding carboxylic acids is 1. The van der Waals surface area contributed by atoms with E-state index in [1.165, 1.54) is 12.8 Å². The van der Waals surface area contributed by atoms with Gasteiger partial charge in [0, 0.05) is 11.6 Å². The molecule has 0 aliphatic heterocycles. The first-order valence-electron chi connectivity index (χ1n) is 8.22. The molecule has 1 aromatic carbocycles. The summed E-state index contributed by atoms with van der Waals surface area (Å²) in [5.41, 5.74) is 0.625. The number of nitrogens with one attached hydrogen (secondary N) is 1. The molecular weight excluding hydrogens is 278 g/mol. The molecule has 0 saturated heterocycles. The standard InChI is InChI=1S/C18H27NO3/c1-13(2)10-11-22-16-9-8-14(12-17(16)21-3)18(20)19-15-6-4-5-7-15/h8-9,12-13,15H,4-7,10-11H2,1-3H3,(H,19,20). The summed E-state index contributed by atoms with van der Waals surface area (Å²) >= 11 is 0. The van der Waals surface area contributed by atoms with Crippen LogP contribution in [0.1, 0.15) is 56.3 Å². The molecule has 0 unspecified atom stereocenters. The van der Waals surface area contributed by atoms with E-state index < -0.39 is 0 Å². The topological polar surface area (TPSA) is 47.6 Å².